The third-order valence-corrected chi connectivity index (χ3v) is 7.50. The minimum absolute atomic E-state index is 0.180. The van der Waals surface area contributed by atoms with E-state index < -0.39 is 14.4 Å². The Labute approximate surface area is 126 Å². The summed E-state index contributed by atoms with van der Waals surface area (Å²) < 4.78 is 2.77. The smallest absolute Gasteiger partial charge is 0.372 e. The Morgan fingerprint density at radius 3 is 1.68 bits per heavy atom. The fourth-order valence-corrected chi connectivity index (χ4v) is 5.51. The highest BCUT2D eigenvalue weighted by Gasteiger charge is 2.34. The molecule has 0 heterocycles. The molecule has 0 aromatic heterocycles. The van der Waals surface area contributed by atoms with Crippen molar-refractivity contribution in [3.05, 3.63) is 0 Å². The molecular formula is C16H35AlN2. The molecule has 0 unspecified atom stereocenters. The van der Waals surface area contributed by atoms with Crippen LogP contribution in [-0.4, -0.2) is 42.6 Å². The second-order valence-corrected chi connectivity index (χ2v) is 11.0. The monoisotopic (exact) mass is 282 g/mol. The normalized spacial score (nSPS) is 14.1. The maximum absolute atomic E-state index is 4.80. The van der Waals surface area contributed by atoms with E-state index >= 15 is 0 Å². The molecular weight excluding hydrogens is 247 g/mol. The van der Waals surface area contributed by atoms with Crippen molar-refractivity contribution in [2.75, 3.05) is 13.1 Å². The number of hydrogen-bond acceptors (Lipinski definition) is 2. The van der Waals surface area contributed by atoms with Gasteiger partial charge in [-0.3, -0.25) is 4.99 Å². The van der Waals surface area contributed by atoms with E-state index in [-0.39, 0.29) is 11.0 Å². The summed E-state index contributed by atoms with van der Waals surface area (Å²) in [5.41, 5.74) is 1.80. The van der Waals surface area contributed by atoms with Crippen LogP contribution in [0.4, 0.5) is 0 Å². The number of nitrogens with zero attached hydrogens (tertiary/aromatic N) is 2. The molecule has 0 aromatic carbocycles. The van der Waals surface area contributed by atoms with E-state index in [1.165, 1.54) is 16.3 Å². The first-order valence-electron chi connectivity index (χ1n) is 7.88. The van der Waals surface area contributed by atoms with Crippen LogP contribution in [0.2, 0.25) is 10.6 Å². The lowest BCUT2D eigenvalue weighted by atomic mass is 9.89. The van der Waals surface area contributed by atoms with Crippen molar-refractivity contribution in [3.8, 4) is 0 Å². The second kappa shape index (κ2) is 7.82. The van der Waals surface area contributed by atoms with Gasteiger partial charge in [0.2, 0.25) is 0 Å². The Bertz CT molecular complexity index is 280. The largest absolute Gasteiger partial charge is 0.375 e. The lowest BCUT2D eigenvalue weighted by Crippen LogP contribution is -2.54. The molecule has 0 saturated carbocycles. The highest BCUT2D eigenvalue weighted by atomic mass is 27.2. The molecule has 0 aliphatic rings. The van der Waals surface area contributed by atoms with Gasteiger partial charge in [-0.05, 0) is 33.2 Å². The molecule has 0 aliphatic heterocycles. The van der Waals surface area contributed by atoms with Gasteiger partial charge in [-0.1, -0.05) is 45.2 Å². The van der Waals surface area contributed by atoms with Crippen molar-refractivity contribution in [2.45, 2.75) is 78.4 Å². The van der Waals surface area contributed by atoms with Gasteiger partial charge >= 0.3 is 14.4 Å². The first-order chi connectivity index (χ1) is 8.57. The molecule has 19 heavy (non-hydrogen) atoms. The lowest BCUT2D eigenvalue weighted by molar-refractivity contribution is 0.268. The van der Waals surface area contributed by atoms with Gasteiger partial charge in [0.15, 0.2) is 0 Å². The molecule has 0 aliphatic carbocycles. The van der Waals surface area contributed by atoms with Gasteiger partial charge in [0, 0.05) is 24.2 Å². The van der Waals surface area contributed by atoms with Gasteiger partial charge in [-0.25, -0.2) is 0 Å². The maximum atomic E-state index is 4.80. The van der Waals surface area contributed by atoms with E-state index in [1.54, 1.807) is 0 Å². The predicted molar refractivity (Wildman–Crippen MR) is 90.6 cm³/mol. The molecule has 0 atom stereocenters. The summed E-state index contributed by atoms with van der Waals surface area (Å²) in [5, 5.41) is 2.69. The Balaban J connectivity index is 5.25. The second-order valence-electron chi connectivity index (χ2n) is 7.44. The minimum atomic E-state index is -0.833. The number of aliphatic imine (C=N–C) groups is 1. The van der Waals surface area contributed by atoms with E-state index in [9.17, 15) is 0 Å². The van der Waals surface area contributed by atoms with Crippen LogP contribution in [0, 0.1) is 5.41 Å². The molecule has 0 N–H and O–H groups in total. The van der Waals surface area contributed by atoms with Crippen molar-refractivity contribution >= 4 is 20.1 Å². The first-order valence-corrected chi connectivity index (χ1v) is 10.0. The third kappa shape index (κ3) is 6.43. The summed E-state index contributed by atoms with van der Waals surface area (Å²) in [6, 6.07) is 0. The summed E-state index contributed by atoms with van der Waals surface area (Å²) in [5.74, 6) is 0. The van der Waals surface area contributed by atoms with Crippen LogP contribution in [0.3, 0.4) is 0 Å². The lowest BCUT2D eigenvalue weighted by Gasteiger charge is -2.42. The van der Waals surface area contributed by atoms with Crippen LogP contribution in [0.15, 0.2) is 4.99 Å². The standard InChI is InChI=1S/C12H25N2.2C2H5.Al/c1-8-13-10(11(2,3)4)9-14-12(5,6)7;2*1-2;/h8-9H2,1-7H3;2*1H2,2H3;/q-1;;;+1. The molecule has 0 radical (unpaired) electrons. The van der Waals surface area contributed by atoms with Crippen LogP contribution >= 0.6 is 0 Å². The van der Waals surface area contributed by atoms with E-state index in [2.05, 4.69) is 66.2 Å². The topological polar surface area (TPSA) is 15.6 Å². The highest BCUT2D eigenvalue weighted by Crippen LogP contribution is 2.24. The zero-order valence-electron chi connectivity index (χ0n) is 14.8. The van der Waals surface area contributed by atoms with Crippen molar-refractivity contribution in [3.63, 3.8) is 0 Å². The van der Waals surface area contributed by atoms with Crippen LogP contribution in [0.5, 0.6) is 0 Å². The van der Waals surface area contributed by atoms with Gasteiger partial charge in [0.05, 0.1) is 0 Å². The Kier molecular flexibility index (Phi) is 7.88. The van der Waals surface area contributed by atoms with Crippen LogP contribution in [-0.2, 0) is 0 Å². The van der Waals surface area contributed by atoms with Gasteiger partial charge in [0.25, 0.3) is 0 Å². The van der Waals surface area contributed by atoms with Crippen LogP contribution < -0.4 is 0 Å². The minimum Gasteiger partial charge on any atom is -0.375 e. The Hall–Kier alpha value is 0.162. The highest BCUT2D eigenvalue weighted by molar-refractivity contribution is 6.56. The Morgan fingerprint density at radius 2 is 1.42 bits per heavy atom. The van der Waals surface area contributed by atoms with Crippen molar-refractivity contribution in [1.29, 1.82) is 0 Å². The quantitative estimate of drug-likeness (QED) is 0.512. The van der Waals surface area contributed by atoms with Gasteiger partial charge in [0.1, 0.15) is 0 Å². The van der Waals surface area contributed by atoms with E-state index in [0.717, 1.165) is 13.1 Å². The molecule has 0 bridgehead atoms. The van der Waals surface area contributed by atoms with Crippen molar-refractivity contribution in [1.82, 2.24) is 3.88 Å². The fraction of sp³-hybridized carbons (Fsp3) is 0.938. The molecule has 2 nitrogen and oxygen atoms in total. The van der Waals surface area contributed by atoms with Gasteiger partial charge in [-0.2, -0.15) is 0 Å². The van der Waals surface area contributed by atoms with Gasteiger partial charge < -0.3 is 3.88 Å². The van der Waals surface area contributed by atoms with E-state index in [0.29, 0.717) is 0 Å². The average Bonchev–Trinajstić information content (AvgIpc) is 2.25. The summed E-state index contributed by atoms with van der Waals surface area (Å²) in [4.78, 5) is 4.80. The zero-order valence-corrected chi connectivity index (χ0v) is 16.0. The number of rotatable bonds is 6. The Morgan fingerprint density at radius 1 is 0.947 bits per heavy atom. The third-order valence-electron chi connectivity index (χ3n) is 3.78. The first kappa shape index (κ1) is 19.2. The van der Waals surface area contributed by atoms with E-state index in [4.69, 9.17) is 4.99 Å². The fourth-order valence-electron chi connectivity index (χ4n) is 2.52. The summed E-state index contributed by atoms with van der Waals surface area (Å²) in [6.07, 6.45) is 0. The molecule has 0 spiro atoms. The summed E-state index contributed by atoms with van der Waals surface area (Å²) in [7, 11) is 0. The average molecular weight is 282 g/mol. The summed E-state index contributed by atoms with van der Waals surface area (Å²) >= 11 is -0.833. The van der Waals surface area contributed by atoms with E-state index in [1.807, 2.05) is 0 Å². The molecule has 0 saturated heterocycles. The molecule has 0 aromatic rings. The van der Waals surface area contributed by atoms with Crippen LogP contribution in [0.25, 0.3) is 0 Å². The molecule has 3 heteroatoms. The van der Waals surface area contributed by atoms with Crippen molar-refractivity contribution < 1.29 is 0 Å². The molecule has 0 amide bonds. The predicted octanol–water partition coefficient (Wildman–Crippen LogP) is 4.63. The SMILES string of the molecule is CCN=C(C[N]([Al]([CH2]C)[CH2]C)C(C)(C)C)C(C)(C)C. The number of hydrogen-bond donors (Lipinski definition) is 0. The zero-order chi connectivity index (χ0) is 15.3. The maximum Gasteiger partial charge on any atom is 0.372 e. The van der Waals surface area contributed by atoms with Crippen LogP contribution in [0.1, 0.15) is 62.3 Å². The summed E-state index contributed by atoms with van der Waals surface area (Å²) in [6.45, 7) is 22.7. The van der Waals surface area contributed by atoms with Gasteiger partial charge in [-0.15, -0.1) is 0 Å². The van der Waals surface area contributed by atoms with Crippen molar-refractivity contribution in [2.24, 2.45) is 10.4 Å². The molecule has 0 rings (SSSR count). The molecule has 112 valence electrons. The molecule has 0 fully saturated rings.